The molecule has 1 amide bonds. The summed E-state index contributed by atoms with van der Waals surface area (Å²) in [5.74, 6) is 0.874. The number of benzene rings is 1. The van der Waals surface area contributed by atoms with Gasteiger partial charge >= 0.3 is 5.97 Å². The van der Waals surface area contributed by atoms with Gasteiger partial charge in [0.2, 0.25) is 5.91 Å². The Bertz CT molecular complexity index is 1490. The number of rotatable bonds is 8. The van der Waals surface area contributed by atoms with Crippen LogP contribution in [0, 0.1) is 5.92 Å². The highest BCUT2D eigenvalue weighted by Crippen LogP contribution is 2.39. The summed E-state index contributed by atoms with van der Waals surface area (Å²) in [6.07, 6.45) is 6.69. The number of nitrogens with one attached hydrogen (secondary N) is 3. The number of nitrogens with zero attached hydrogens (tertiary/aromatic N) is 4. The van der Waals surface area contributed by atoms with Crippen molar-refractivity contribution in [1.29, 1.82) is 0 Å². The van der Waals surface area contributed by atoms with Crippen LogP contribution in [0.5, 0.6) is 5.75 Å². The molecule has 0 spiro atoms. The van der Waals surface area contributed by atoms with Gasteiger partial charge in [-0.15, -0.1) is 10.2 Å². The summed E-state index contributed by atoms with van der Waals surface area (Å²) in [7, 11) is 1.58. The molecule has 11 heteroatoms. The van der Waals surface area contributed by atoms with Crippen LogP contribution in [0.1, 0.15) is 44.1 Å². The minimum atomic E-state index is -0.614. The number of methoxy groups -OCH3 is 1. The van der Waals surface area contributed by atoms with Gasteiger partial charge in [-0.3, -0.25) is 4.79 Å². The third-order valence-corrected chi connectivity index (χ3v) is 5.89. The smallest absolute Gasteiger partial charge is 0.357 e. The van der Waals surface area contributed by atoms with Gasteiger partial charge in [0.1, 0.15) is 17.0 Å². The number of aromatic nitrogens is 5. The number of imidazole rings is 1. The van der Waals surface area contributed by atoms with Crippen LogP contribution in [0.3, 0.4) is 0 Å². The first-order chi connectivity index (χ1) is 18.7. The summed E-state index contributed by atoms with van der Waals surface area (Å²) in [5, 5.41) is 14.7. The maximum atomic E-state index is 12.4. The van der Waals surface area contributed by atoms with E-state index in [2.05, 4.69) is 35.8 Å². The predicted octanol–water partition coefficient (Wildman–Crippen LogP) is 4.98. The molecule has 0 unspecified atom stereocenters. The number of esters is 1. The van der Waals surface area contributed by atoms with E-state index in [1.165, 1.54) is 0 Å². The number of hydrogen-bond donors (Lipinski definition) is 3. The molecule has 11 nitrogen and oxygen atoms in total. The highest BCUT2D eigenvalue weighted by Gasteiger charge is 2.30. The molecule has 39 heavy (non-hydrogen) atoms. The summed E-state index contributed by atoms with van der Waals surface area (Å²) < 4.78 is 11.2. The van der Waals surface area contributed by atoms with Gasteiger partial charge in [-0.05, 0) is 45.7 Å². The Hall–Kier alpha value is -4.80. The minimum Gasteiger partial charge on any atom is -0.494 e. The summed E-state index contributed by atoms with van der Waals surface area (Å²) >= 11 is 0. The number of H-pyrrole nitrogens is 1. The molecule has 4 aromatic rings. The Labute approximate surface area is 225 Å². The Morgan fingerprint density at radius 1 is 1.05 bits per heavy atom. The van der Waals surface area contributed by atoms with E-state index in [4.69, 9.17) is 9.47 Å². The molecule has 1 aliphatic rings. The second-order valence-corrected chi connectivity index (χ2v) is 10.1. The number of hydrogen-bond acceptors (Lipinski definition) is 9. The number of amides is 1. The van der Waals surface area contributed by atoms with Crippen molar-refractivity contribution in [3.05, 3.63) is 60.7 Å². The number of aromatic amines is 1. The third kappa shape index (κ3) is 6.03. The second kappa shape index (κ2) is 10.5. The van der Waals surface area contributed by atoms with Crippen molar-refractivity contribution in [3.63, 3.8) is 0 Å². The van der Waals surface area contributed by atoms with Crippen molar-refractivity contribution in [2.24, 2.45) is 5.92 Å². The first-order valence-corrected chi connectivity index (χ1v) is 12.5. The van der Waals surface area contributed by atoms with Crippen LogP contribution in [0.15, 0.2) is 55.0 Å². The van der Waals surface area contributed by atoms with Crippen molar-refractivity contribution in [2.75, 3.05) is 17.7 Å². The van der Waals surface area contributed by atoms with E-state index in [0.717, 1.165) is 24.0 Å². The Morgan fingerprint density at radius 2 is 1.87 bits per heavy atom. The molecule has 1 aromatic carbocycles. The molecule has 0 radical (unpaired) electrons. The van der Waals surface area contributed by atoms with Crippen LogP contribution in [0.2, 0.25) is 0 Å². The average Bonchev–Trinajstić information content (AvgIpc) is 3.63. The quantitative estimate of drug-likeness (QED) is 0.270. The second-order valence-electron chi connectivity index (χ2n) is 10.1. The topological polar surface area (TPSA) is 144 Å². The molecule has 0 atom stereocenters. The highest BCUT2D eigenvalue weighted by molar-refractivity contribution is 5.94. The largest absolute Gasteiger partial charge is 0.494 e. The van der Waals surface area contributed by atoms with Gasteiger partial charge in [-0.25, -0.2) is 14.8 Å². The molecule has 200 valence electrons. The summed E-state index contributed by atoms with van der Waals surface area (Å²) in [6.45, 7) is 5.42. The van der Waals surface area contributed by atoms with Crippen LogP contribution in [0.25, 0.3) is 22.6 Å². The molecule has 1 aliphatic carbocycles. The van der Waals surface area contributed by atoms with Crippen LogP contribution in [0.4, 0.5) is 17.2 Å². The van der Waals surface area contributed by atoms with Crippen molar-refractivity contribution >= 4 is 29.1 Å². The Morgan fingerprint density at radius 3 is 2.51 bits per heavy atom. The fourth-order valence-electron chi connectivity index (χ4n) is 3.92. The first-order valence-electron chi connectivity index (χ1n) is 12.5. The Kier molecular flexibility index (Phi) is 6.97. The van der Waals surface area contributed by atoms with Gasteiger partial charge < -0.3 is 25.1 Å². The molecular weight excluding hydrogens is 498 g/mol. The first kappa shape index (κ1) is 25.8. The van der Waals surface area contributed by atoms with E-state index in [-0.39, 0.29) is 17.5 Å². The molecule has 1 saturated carbocycles. The fourth-order valence-corrected chi connectivity index (χ4v) is 3.92. The zero-order valence-corrected chi connectivity index (χ0v) is 22.1. The van der Waals surface area contributed by atoms with E-state index < -0.39 is 11.6 Å². The van der Waals surface area contributed by atoms with E-state index in [1.807, 2.05) is 39.0 Å². The zero-order valence-electron chi connectivity index (χ0n) is 22.1. The molecule has 0 saturated heterocycles. The molecule has 3 aromatic heterocycles. The van der Waals surface area contributed by atoms with Crippen LogP contribution in [-0.2, 0) is 9.53 Å². The highest BCUT2D eigenvalue weighted by atomic mass is 16.6. The number of para-hydroxylation sites is 1. The lowest BCUT2D eigenvalue weighted by Gasteiger charge is -2.19. The summed E-state index contributed by atoms with van der Waals surface area (Å²) in [4.78, 5) is 36.4. The molecule has 3 N–H and O–H groups in total. The number of anilines is 3. The van der Waals surface area contributed by atoms with Gasteiger partial charge in [-0.1, -0.05) is 18.2 Å². The van der Waals surface area contributed by atoms with Crippen molar-refractivity contribution in [1.82, 2.24) is 25.1 Å². The lowest BCUT2D eigenvalue weighted by molar-refractivity contribution is -0.117. The number of carbonyl (C=O) groups is 2. The van der Waals surface area contributed by atoms with Crippen molar-refractivity contribution in [3.8, 4) is 28.4 Å². The summed E-state index contributed by atoms with van der Waals surface area (Å²) in [5.41, 5.74) is 2.80. The molecular formula is C28H29N7O4. The number of carbonyl (C=O) groups excluding carboxylic acids is 2. The average molecular weight is 528 g/mol. The molecule has 3 heterocycles. The van der Waals surface area contributed by atoms with Crippen LogP contribution in [-0.4, -0.2) is 49.7 Å². The molecule has 5 rings (SSSR count). The maximum Gasteiger partial charge on any atom is 0.357 e. The van der Waals surface area contributed by atoms with E-state index in [9.17, 15) is 9.59 Å². The zero-order chi connectivity index (χ0) is 27.6. The normalized spacial score (nSPS) is 13.0. The van der Waals surface area contributed by atoms with Crippen LogP contribution < -0.4 is 15.4 Å². The molecule has 0 aliphatic heterocycles. The third-order valence-electron chi connectivity index (χ3n) is 5.89. The molecule has 0 bridgehead atoms. The monoisotopic (exact) mass is 527 g/mol. The van der Waals surface area contributed by atoms with Gasteiger partial charge in [0, 0.05) is 41.7 Å². The number of ether oxygens (including phenoxy) is 2. The van der Waals surface area contributed by atoms with E-state index in [1.54, 1.807) is 43.9 Å². The van der Waals surface area contributed by atoms with Gasteiger partial charge in [0.05, 0.1) is 18.5 Å². The SMILES string of the molecule is COc1c(Nc2cc(NC(=O)C3CC3)nnc2-c2ncc[nH]2)cccc1-c1ccc(C(=O)OC(C)(C)C)nc1. The maximum absolute atomic E-state index is 12.4. The predicted molar refractivity (Wildman–Crippen MR) is 146 cm³/mol. The van der Waals surface area contributed by atoms with Crippen molar-refractivity contribution < 1.29 is 19.1 Å². The summed E-state index contributed by atoms with van der Waals surface area (Å²) in [6, 6.07) is 10.8. The fraction of sp³-hybridized carbons (Fsp3) is 0.286. The standard InChI is InChI=1S/C28H29N7O4/c1-28(2,3)39-27(37)20-11-10-17(15-31-20)18-6-5-7-19(24(18)38-4)32-21-14-22(33-26(36)16-8-9-16)34-35-23(21)25-29-12-13-30-25/h5-7,10-16H,8-9H2,1-4H3,(H,29,30)(H2,32,33,34,36). The lowest BCUT2D eigenvalue weighted by atomic mass is 10.0. The van der Waals surface area contributed by atoms with E-state index in [0.29, 0.717) is 34.5 Å². The van der Waals surface area contributed by atoms with Gasteiger partial charge in [0.15, 0.2) is 17.3 Å². The van der Waals surface area contributed by atoms with Gasteiger partial charge in [0.25, 0.3) is 0 Å². The van der Waals surface area contributed by atoms with Gasteiger partial charge in [-0.2, -0.15) is 0 Å². The van der Waals surface area contributed by atoms with Crippen LogP contribution >= 0.6 is 0 Å². The van der Waals surface area contributed by atoms with E-state index >= 15 is 0 Å². The lowest BCUT2D eigenvalue weighted by Crippen LogP contribution is -2.24. The van der Waals surface area contributed by atoms with Crippen molar-refractivity contribution in [2.45, 2.75) is 39.2 Å². The Balaban J connectivity index is 1.46. The minimum absolute atomic E-state index is 0.0278. The number of pyridine rings is 1. The molecule has 1 fully saturated rings.